The first-order valence-electron chi connectivity index (χ1n) is 10.0. The summed E-state index contributed by atoms with van der Waals surface area (Å²) in [6, 6.07) is 2.38. The standard InChI is InChI=1S/C21H21BrF2N4O3/c22-11-5-15(10-7-26-3-1-9(10)18(11)24)31-16-6-14(19(29)20(16)30)28-8-12(23)17-13(25)2-4-27-21(17)28/h2,4-5,8,14,16,19-20,26,29-30H,1,3,6-7H2,(H2,25,27)/t14?,16?,19-,20+/m0/s1. The molecule has 31 heavy (non-hydrogen) atoms. The van der Waals surface area contributed by atoms with E-state index in [2.05, 4.69) is 26.2 Å². The number of benzene rings is 1. The van der Waals surface area contributed by atoms with Gasteiger partial charge >= 0.3 is 0 Å². The number of pyridine rings is 1. The largest absolute Gasteiger partial charge is 0.487 e. The highest BCUT2D eigenvalue weighted by atomic mass is 79.9. The Morgan fingerprint density at radius 1 is 1.26 bits per heavy atom. The molecule has 1 aliphatic carbocycles. The molecule has 1 saturated carbocycles. The fourth-order valence-corrected chi connectivity index (χ4v) is 5.05. The highest BCUT2D eigenvalue weighted by Crippen LogP contribution is 2.40. The minimum absolute atomic E-state index is 0.177. The Labute approximate surface area is 185 Å². The molecule has 0 amide bonds. The third kappa shape index (κ3) is 3.29. The molecule has 0 bridgehead atoms. The van der Waals surface area contributed by atoms with Gasteiger partial charge < -0.3 is 30.6 Å². The molecule has 1 fully saturated rings. The van der Waals surface area contributed by atoms with Gasteiger partial charge in [0, 0.05) is 36.6 Å². The lowest BCUT2D eigenvalue weighted by Gasteiger charge is -2.25. The first-order valence-corrected chi connectivity index (χ1v) is 10.8. The molecule has 2 aliphatic rings. The van der Waals surface area contributed by atoms with Gasteiger partial charge in [0.2, 0.25) is 0 Å². The second-order valence-corrected chi connectivity index (χ2v) is 8.83. The molecule has 1 aliphatic heterocycles. The summed E-state index contributed by atoms with van der Waals surface area (Å²) in [5.74, 6) is -0.417. The SMILES string of the molecule is Nc1ccnc2c1c(F)cn2C1CC(Oc2cc(Br)c(F)c3c2CNCC3)[C@@H](O)[C@H]1O. The van der Waals surface area contributed by atoms with Gasteiger partial charge in [-0.2, -0.15) is 0 Å². The van der Waals surface area contributed by atoms with Crippen LogP contribution in [0.2, 0.25) is 0 Å². The van der Waals surface area contributed by atoms with E-state index in [0.29, 0.717) is 42.0 Å². The number of ether oxygens (including phenoxy) is 1. The number of nitrogens with two attached hydrogens (primary N) is 1. The normalized spacial score (nSPS) is 25.7. The van der Waals surface area contributed by atoms with E-state index in [1.54, 1.807) is 6.07 Å². The predicted octanol–water partition coefficient (Wildman–Crippen LogP) is 2.42. The van der Waals surface area contributed by atoms with E-state index >= 15 is 0 Å². The summed E-state index contributed by atoms with van der Waals surface area (Å²) in [5, 5.41) is 24.8. The minimum atomic E-state index is -1.22. The molecule has 7 nitrogen and oxygen atoms in total. The Morgan fingerprint density at radius 2 is 2.06 bits per heavy atom. The minimum Gasteiger partial charge on any atom is -0.487 e. The number of hydrogen-bond donors (Lipinski definition) is 4. The van der Waals surface area contributed by atoms with Crippen molar-refractivity contribution in [3.8, 4) is 5.75 Å². The van der Waals surface area contributed by atoms with Crippen LogP contribution in [0.25, 0.3) is 11.0 Å². The van der Waals surface area contributed by atoms with Crippen LogP contribution in [0.1, 0.15) is 23.6 Å². The number of aliphatic hydroxyl groups is 2. The van der Waals surface area contributed by atoms with Gasteiger partial charge in [-0.25, -0.2) is 13.8 Å². The molecular formula is C21H21BrF2N4O3. The van der Waals surface area contributed by atoms with Gasteiger partial charge in [-0.15, -0.1) is 0 Å². The van der Waals surface area contributed by atoms with Crippen molar-refractivity contribution in [3.05, 3.63) is 51.8 Å². The Bertz CT molecular complexity index is 1170. The number of nitrogen functional groups attached to an aromatic ring is 1. The van der Waals surface area contributed by atoms with Crippen LogP contribution in [0.3, 0.4) is 0 Å². The highest BCUT2D eigenvalue weighted by Gasteiger charge is 2.45. The number of halogens is 3. The maximum atomic E-state index is 14.5. The van der Waals surface area contributed by atoms with Crippen molar-refractivity contribution in [1.82, 2.24) is 14.9 Å². The Hall–Kier alpha value is -2.27. The lowest BCUT2D eigenvalue weighted by atomic mass is 9.99. The summed E-state index contributed by atoms with van der Waals surface area (Å²) in [7, 11) is 0. The molecule has 5 N–H and O–H groups in total. The molecule has 2 unspecified atom stereocenters. The summed E-state index contributed by atoms with van der Waals surface area (Å²) >= 11 is 3.23. The number of nitrogens with one attached hydrogen (secondary N) is 1. The smallest absolute Gasteiger partial charge is 0.152 e. The molecule has 0 radical (unpaired) electrons. The molecule has 3 aromatic rings. The zero-order valence-electron chi connectivity index (χ0n) is 16.4. The van der Waals surface area contributed by atoms with E-state index in [1.165, 1.54) is 23.0 Å². The molecule has 1 aromatic carbocycles. The summed E-state index contributed by atoms with van der Waals surface area (Å²) in [6.07, 6.45) is 0.233. The van der Waals surface area contributed by atoms with E-state index in [9.17, 15) is 19.0 Å². The van der Waals surface area contributed by atoms with Gasteiger partial charge in [-0.05, 0) is 46.6 Å². The van der Waals surface area contributed by atoms with Crippen LogP contribution >= 0.6 is 15.9 Å². The van der Waals surface area contributed by atoms with Crippen molar-refractivity contribution < 1.29 is 23.7 Å². The van der Waals surface area contributed by atoms with Crippen LogP contribution < -0.4 is 15.8 Å². The van der Waals surface area contributed by atoms with Gasteiger partial charge in [0.05, 0.1) is 15.9 Å². The maximum Gasteiger partial charge on any atom is 0.152 e. The summed E-state index contributed by atoms with van der Waals surface area (Å²) < 4.78 is 36.9. The number of hydrogen-bond acceptors (Lipinski definition) is 6. The molecule has 2 aromatic heterocycles. The first kappa shape index (κ1) is 20.6. The van der Waals surface area contributed by atoms with Crippen molar-refractivity contribution >= 4 is 32.7 Å². The third-order valence-corrected chi connectivity index (χ3v) is 6.76. The molecule has 4 atom stereocenters. The van der Waals surface area contributed by atoms with E-state index in [4.69, 9.17) is 10.5 Å². The van der Waals surface area contributed by atoms with E-state index in [-0.39, 0.29) is 27.8 Å². The fourth-order valence-electron chi connectivity index (χ4n) is 4.61. The number of aliphatic hydroxyl groups excluding tert-OH is 2. The lowest BCUT2D eigenvalue weighted by molar-refractivity contribution is -0.0167. The van der Waals surface area contributed by atoms with Gasteiger partial charge in [0.1, 0.15) is 35.5 Å². The molecule has 164 valence electrons. The Morgan fingerprint density at radius 3 is 2.87 bits per heavy atom. The van der Waals surface area contributed by atoms with E-state index < -0.39 is 30.2 Å². The molecule has 0 spiro atoms. The van der Waals surface area contributed by atoms with Crippen LogP contribution in [0.5, 0.6) is 5.75 Å². The van der Waals surface area contributed by atoms with Crippen LogP contribution in [-0.2, 0) is 13.0 Å². The van der Waals surface area contributed by atoms with Crippen molar-refractivity contribution in [1.29, 1.82) is 0 Å². The number of nitrogens with zero attached hydrogens (tertiary/aromatic N) is 2. The highest BCUT2D eigenvalue weighted by molar-refractivity contribution is 9.10. The maximum absolute atomic E-state index is 14.5. The van der Waals surface area contributed by atoms with Gasteiger partial charge in [0.15, 0.2) is 5.82 Å². The van der Waals surface area contributed by atoms with Crippen molar-refractivity contribution in [3.63, 3.8) is 0 Å². The van der Waals surface area contributed by atoms with Crippen LogP contribution in [0.4, 0.5) is 14.5 Å². The molecule has 5 rings (SSSR count). The third-order valence-electron chi connectivity index (χ3n) is 6.18. The predicted molar refractivity (Wildman–Crippen MR) is 114 cm³/mol. The van der Waals surface area contributed by atoms with Crippen LogP contribution in [0, 0.1) is 11.6 Å². The summed E-state index contributed by atoms with van der Waals surface area (Å²) in [6.45, 7) is 1.11. The van der Waals surface area contributed by atoms with Gasteiger partial charge in [0.25, 0.3) is 0 Å². The Kier molecular flexibility index (Phi) is 5.12. The lowest BCUT2D eigenvalue weighted by Crippen LogP contribution is -2.35. The second kappa shape index (κ2) is 7.70. The topological polar surface area (TPSA) is 106 Å². The molecule has 3 heterocycles. The number of aromatic nitrogens is 2. The van der Waals surface area contributed by atoms with Gasteiger partial charge in [-0.1, -0.05) is 0 Å². The van der Waals surface area contributed by atoms with Crippen molar-refractivity contribution in [2.75, 3.05) is 12.3 Å². The number of rotatable bonds is 3. The van der Waals surface area contributed by atoms with Crippen LogP contribution in [0.15, 0.2) is 29.0 Å². The molecular weight excluding hydrogens is 474 g/mol. The van der Waals surface area contributed by atoms with Crippen molar-refractivity contribution in [2.24, 2.45) is 0 Å². The zero-order chi connectivity index (χ0) is 21.9. The first-order chi connectivity index (χ1) is 14.9. The average Bonchev–Trinajstić information content (AvgIpc) is 3.24. The number of anilines is 1. The molecule has 0 saturated heterocycles. The van der Waals surface area contributed by atoms with E-state index in [1.807, 2.05) is 0 Å². The number of fused-ring (bicyclic) bond motifs is 2. The summed E-state index contributed by atoms with van der Waals surface area (Å²) in [4.78, 5) is 4.21. The van der Waals surface area contributed by atoms with Gasteiger partial charge in [-0.3, -0.25) is 0 Å². The Balaban J connectivity index is 1.48. The fraction of sp³-hybridized carbons (Fsp3) is 0.381. The molecule has 10 heteroatoms. The quantitative estimate of drug-likeness (QED) is 0.445. The monoisotopic (exact) mass is 494 g/mol. The average molecular weight is 495 g/mol. The summed E-state index contributed by atoms with van der Waals surface area (Å²) in [5.41, 5.74) is 7.69. The van der Waals surface area contributed by atoms with E-state index in [0.717, 1.165) is 0 Å². The zero-order valence-corrected chi connectivity index (χ0v) is 17.9. The second-order valence-electron chi connectivity index (χ2n) is 7.98. The van der Waals surface area contributed by atoms with Crippen LogP contribution in [-0.4, -0.2) is 44.6 Å². The van der Waals surface area contributed by atoms with Crippen molar-refractivity contribution in [2.45, 2.75) is 43.7 Å².